The summed E-state index contributed by atoms with van der Waals surface area (Å²) in [6.45, 7) is -3.00. The summed E-state index contributed by atoms with van der Waals surface area (Å²) in [6.07, 6.45) is -33.0. The van der Waals surface area contributed by atoms with Crippen molar-refractivity contribution < 1.29 is 84.1 Å². The fourth-order valence-electron chi connectivity index (χ4n) is 7.34. The Morgan fingerprint density at radius 1 is 0.561 bits per heavy atom. The van der Waals surface area contributed by atoms with Crippen LogP contribution in [-0.4, -0.2) is 53.6 Å². The molecule has 360 valence electrons. The lowest BCUT2D eigenvalue weighted by Crippen LogP contribution is -2.45. The van der Waals surface area contributed by atoms with Gasteiger partial charge in [0.05, 0.1) is 35.4 Å². The first-order valence-corrected chi connectivity index (χ1v) is 19.9. The minimum atomic E-state index is -5.28. The molecule has 0 aliphatic carbocycles. The quantitative estimate of drug-likeness (QED) is 0.0653. The van der Waals surface area contributed by atoms with E-state index in [1.807, 2.05) is 0 Å². The van der Waals surface area contributed by atoms with Crippen LogP contribution in [0.1, 0.15) is 57.3 Å². The van der Waals surface area contributed by atoms with Crippen molar-refractivity contribution in [3.8, 4) is 0 Å². The summed E-state index contributed by atoms with van der Waals surface area (Å²) in [5.41, 5.74) is -6.28. The van der Waals surface area contributed by atoms with Gasteiger partial charge in [-0.05, 0) is 115 Å². The summed E-state index contributed by atoms with van der Waals surface area (Å²) in [5, 5.41) is 12.5. The number of halogens is 20. The summed E-state index contributed by atoms with van der Waals surface area (Å²) in [7, 11) is 0. The molecule has 2 fully saturated rings. The summed E-state index contributed by atoms with van der Waals surface area (Å²) in [6, 6.07) is 5.56. The highest BCUT2D eigenvalue weighted by molar-refractivity contribution is 9.10. The molecule has 66 heavy (non-hydrogen) atoms. The number of hydrogen-bond donors (Lipinski definition) is 1. The standard InChI is InChI=1S/C19H13BrF9N5.C19H14BrF9N2O/c20-15-10(8-31-33-30)1-2-14(32-15)34-4-3-16(9-34,19(27,28)29)11-5-12(17(21,22)23)7-13(6-11)18(24,25)26;20-15-10(8-32)1-2-14(30-15)31-4-3-16(9-31,19(27,28)29)11-5-12(17(21,22)23)7-13(6-11)18(24,25)26/h1-2,5-7H,3-4,8-9H2;1-2,5-7,32H,3-4,8-9H2. The molecule has 0 radical (unpaired) electrons. The normalized spacial score (nSPS) is 19.7. The largest absolute Gasteiger partial charge is 0.416 e. The number of hydrogen-bond acceptors (Lipinski definition) is 6. The molecule has 0 amide bonds. The third-order valence-corrected chi connectivity index (χ3v) is 12.2. The molecule has 2 atom stereocenters. The van der Waals surface area contributed by atoms with Crippen molar-refractivity contribution in [2.45, 2.75) is 73.9 Å². The molecule has 4 heterocycles. The van der Waals surface area contributed by atoms with Gasteiger partial charge in [-0.3, -0.25) is 0 Å². The van der Waals surface area contributed by atoms with Crippen LogP contribution >= 0.6 is 31.9 Å². The van der Waals surface area contributed by atoms with E-state index in [1.165, 1.54) is 24.3 Å². The smallest absolute Gasteiger partial charge is 0.392 e. The average molecular weight is 1100 g/mol. The Kier molecular flexibility index (Phi) is 14.6. The van der Waals surface area contributed by atoms with Gasteiger partial charge in [0.15, 0.2) is 0 Å². The first-order chi connectivity index (χ1) is 30.2. The Hall–Kier alpha value is -4.69. The van der Waals surface area contributed by atoms with Gasteiger partial charge in [0, 0.05) is 36.7 Å². The maximum absolute atomic E-state index is 14.3. The summed E-state index contributed by atoms with van der Waals surface area (Å²) in [4.78, 5) is 13.0. The van der Waals surface area contributed by atoms with Gasteiger partial charge in [0.1, 0.15) is 31.7 Å². The zero-order chi connectivity index (χ0) is 49.6. The van der Waals surface area contributed by atoms with E-state index in [1.54, 1.807) is 0 Å². The zero-order valence-corrected chi connectivity index (χ0v) is 35.7. The maximum Gasteiger partial charge on any atom is 0.416 e. The second kappa shape index (κ2) is 18.4. The first kappa shape index (κ1) is 52.3. The van der Waals surface area contributed by atoms with E-state index < -0.39 is 114 Å². The number of nitrogens with zero attached hydrogens (tertiary/aromatic N) is 7. The summed E-state index contributed by atoms with van der Waals surface area (Å²) < 4.78 is 244. The van der Waals surface area contributed by atoms with Gasteiger partial charge in [0.25, 0.3) is 0 Å². The number of anilines is 2. The van der Waals surface area contributed by atoms with Gasteiger partial charge in [-0.25, -0.2) is 9.97 Å². The van der Waals surface area contributed by atoms with Crippen LogP contribution in [0.15, 0.2) is 75.0 Å². The lowest BCUT2D eigenvalue weighted by atomic mass is 9.77. The van der Waals surface area contributed by atoms with E-state index >= 15 is 0 Å². The third kappa shape index (κ3) is 11.0. The molecule has 2 aromatic carbocycles. The molecule has 6 rings (SSSR count). The number of aliphatic hydroxyl groups excluding tert-OH is 1. The Morgan fingerprint density at radius 3 is 1.17 bits per heavy atom. The second-order valence-electron chi connectivity index (χ2n) is 14.9. The number of alkyl halides is 18. The van der Waals surface area contributed by atoms with Crippen LogP contribution in [-0.2, 0) is 48.7 Å². The second-order valence-corrected chi connectivity index (χ2v) is 16.4. The van der Waals surface area contributed by atoms with Crippen LogP contribution in [0.25, 0.3) is 10.4 Å². The highest BCUT2D eigenvalue weighted by Gasteiger charge is 2.61. The lowest BCUT2D eigenvalue weighted by Gasteiger charge is -2.33. The van der Waals surface area contributed by atoms with Crippen molar-refractivity contribution in [3.63, 3.8) is 0 Å². The molecular formula is C38H27Br2F18N7O. The topological polar surface area (TPSA) is 101 Å². The van der Waals surface area contributed by atoms with E-state index in [-0.39, 0.29) is 76.9 Å². The van der Waals surface area contributed by atoms with Gasteiger partial charge < -0.3 is 14.9 Å². The fraction of sp³-hybridized carbons (Fsp3) is 0.421. The van der Waals surface area contributed by atoms with E-state index in [4.69, 9.17) is 5.53 Å². The van der Waals surface area contributed by atoms with Crippen LogP contribution < -0.4 is 9.80 Å². The monoisotopic (exact) mass is 1100 g/mol. The molecule has 0 bridgehead atoms. The van der Waals surface area contributed by atoms with Crippen molar-refractivity contribution in [2.24, 2.45) is 5.11 Å². The Balaban J connectivity index is 0.000000248. The van der Waals surface area contributed by atoms with Gasteiger partial charge in [-0.2, -0.15) is 79.0 Å². The van der Waals surface area contributed by atoms with Crippen molar-refractivity contribution >= 4 is 43.5 Å². The van der Waals surface area contributed by atoms with Crippen molar-refractivity contribution in [1.29, 1.82) is 0 Å². The number of aliphatic hydroxyl groups is 1. The zero-order valence-electron chi connectivity index (χ0n) is 32.6. The van der Waals surface area contributed by atoms with Gasteiger partial charge in [0.2, 0.25) is 0 Å². The minimum absolute atomic E-state index is 0.0192. The molecule has 2 aromatic heterocycles. The molecular weight excluding hydrogens is 1070 g/mol. The molecule has 1 N–H and O–H groups in total. The SMILES string of the molecule is OCc1ccc(N2CCC(c3cc(C(F)(F)F)cc(C(F)(F)F)c3)(C(F)(F)F)C2)nc1Br.[N-]=[N+]=NCc1ccc(N2CCC(c3cc(C(F)(F)F)cc(C(F)(F)F)c3)(C(F)(F)F)C2)nc1Br. The number of aromatic nitrogens is 2. The van der Waals surface area contributed by atoms with E-state index in [0.29, 0.717) is 11.1 Å². The summed E-state index contributed by atoms with van der Waals surface area (Å²) >= 11 is 6.17. The molecule has 28 heteroatoms. The molecule has 8 nitrogen and oxygen atoms in total. The van der Waals surface area contributed by atoms with Crippen LogP contribution in [0.2, 0.25) is 0 Å². The number of pyridine rings is 2. The molecule has 0 spiro atoms. The summed E-state index contributed by atoms with van der Waals surface area (Å²) in [5.74, 6) is 0.0499. The van der Waals surface area contributed by atoms with Crippen LogP contribution in [0.3, 0.4) is 0 Å². The predicted molar refractivity (Wildman–Crippen MR) is 205 cm³/mol. The van der Waals surface area contributed by atoms with Crippen LogP contribution in [0.4, 0.5) is 90.7 Å². The molecule has 4 aromatic rings. The maximum atomic E-state index is 14.3. The third-order valence-electron chi connectivity index (χ3n) is 10.8. The first-order valence-electron chi connectivity index (χ1n) is 18.3. The predicted octanol–water partition coefficient (Wildman–Crippen LogP) is 13.5. The molecule has 2 aliphatic rings. The van der Waals surface area contributed by atoms with Crippen molar-refractivity contribution in [3.05, 3.63) is 125 Å². The highest BCUT2D eigenvalue weighted by Crippen LogP contribution is 2.52. The van der Waals surface area contributed by atoms with Crippen LogP contribution in [0.5, 0.6) is 0 Å². The average Bonchev–Trinajstić information content (AvgIpc) is 3.87. The van der Waals surface area contributed by atoms with Gasteiger partial charge >= 0.3 is 37.1 Å². The molecule has 2 aliphatic heterocycles. The van der Waals surface area contributed by atoms with E-state index in [0.717, 1.165) is 9.80 Å². The number of benzene rings is 2. The van der Waals surface area contributed by atoms with E-state index in [2.05, 4.69) is 51.9 Å². The number of rotatable bonds is 7. The van der Waals surface area contributed by atoms with Gasteiger partial charge in [-0.1, -0.05) is 17.2 Å². The molecule has 2 saturated heterocycles. The fourth-order valence-corrected chi connectivity index (χ4v) is 8.22. The number of azide groups is 1. The van der Waals surface area contributed by atoms with Crippen LogP contribution in [0, 0.1) is 0 Å². The molecule has 2 unspecified atom stereocenters. The molecule has 0 saturated carbocycles. The lowest BCUT2D eigenvalue weighted by molar-refractivity contribution is -0.185. The Morgan fingerprint density at radius 2 is 0.894 bits per heavy atom. The Labute approximate surface area is 376 Å². The Bertz CT molecular complexity index is 2400. The van der Waals surface area contributed by atoms with Crippen molar-refractivity contribution in [2.75, 3.05) is 36.0 Å². The van der Waals surface area contributed by atoms with Crippen molar-refractivity contribution in [1.82, 2.24) is 9.97 Å². The van der Waals surface area contributed by atoms with Gasteiger partial charge in [-0.15, -0.1) is 0 Å². The highest BCUT2D eigenvalue weighted by atomic mass is 79.9. The minimum Gasteiger partial charge on any atom is -0.392 e. The van der Waals surface area contributed by atoms with E-state index in [9.17, 15) is 84.1 Å².